The van der Waals surface area contributed by atoms with Gasteiger partial charge in [-0.3, -0.25) is 8.37 Å². The second-order valence-corrected chi connectivity index (χ2v) is 8.79. The fourth-order valence-electron chi connectivity index (χ4n) is 2.08. The van der Waals surface area contributed by atoms with E-state index in [1.165, 1.54) is 7.11 Å². The van der Waals surface area contributed by atoms with Crippen LogP contribution < -0.4 is 4.90 Å². The lowest BCUT2D eigenvalue weighted by Crippen LogP contribution is -2.32. The summed E-state index contributed by atoms with van der Waals surface area (Å²) in [5, 5.41) is 3.72. The van der Waals surface area contributed by atoms with E-state index in [2.05, 4.69) is 9.99 Å². The molecule has 148 valence electrons. The molecule has 0 radical (unpaired) electrons. The van der Waals surface area contributed by atoms with Crippen LogP contribution in [-0.4, -0.2) is 69.0 Å². The summed E-state index contributed by atoms with van der Waals surface area (Å²) in [5.41, 5.74) is 2.54. The van der Waals surface area contributed by atoms with Crippen LogP contribution in [-0.2, 0) is 33.4 Å². The zero-order valence-corrected chi connectivity index (χ0v) is 16.8. The van der Waals surface area contributed by atoms with E-state index in [1.807, 2.05) is 25.1 Å². The van der Waals surface area contributed by atoms with Crippen LogP contribution in [0.5, 0.6) is 0 Å². The number of nitrogens with zero attached hydrogens (tertiary/aromatic N) is 2. The topological polar surface area (TPSA) is 112 Å². The van der Waals surface area contributed by atoms with E-state index in [4.69, 9.17) is 8.37 Å². The van der Waals surface area contributed by atoms with Crippen molar-refractivity contribution in [1.82, 2.24) is 0 Å². The zero-order valence-electron chi connectivity index (χ0n) is 15.2. The summed E-state index contributed by atoms with van der Waals surface area (Å²) in [7, 11) is -5.66. The highest BCUT2D eigenvalue weighted by Gasteiger charge is 2.12. The van der Waals surface area contributed by atoms with Gasteiger partial charge in [0.25, 0.3) is 20.2 Å². The van der Waals surface area contributed by atoms with Crippen LogP contribution >= 0.6 is 0 Å². The standard InChI is InChI=1S/C15H24N2O7S2/c1-13-11-15(6-5-14(13)12-16-22-2)17(7-9-23-25(3,18)19)8-10-24-26(4,20)21/h5-6,11-12H,7-10H2,1-4H3/b16-12-. The molecule has 0 amide bonds. The van der Waals surface area contributed by atoms with Gasteiger partial charge in [-0.05, 0) is 30.2 Å². The first-order chi connectivity index (χ1) is 12.0. The van der Waals surface area contributed by atoms with Gasteiger partial charge >= 0.3 is 0 Å². The van der Waals surface area contributed by atoms with Crippen molar-refractivity contribution in [2.24, 2.45) is 5.16 Å². The molecule has 0 fully saturated rings. The minimum Gasteiger partial charge on any atom is -0.399 e. The fraction of sp³-hybridized carbons (Fsp3) is 0.533. The highest BCUT2D eigenvalue weighted by molar-refractivity contribution is 7.86. The first kappa shape index (κ1) is 22.4. The van der Waals surface area contributed by atoms with Crippen LogP contribution in [0.2, 0.25) is 0 Å². The van der Waals surface area contributed by atoms with E-state index in [0.717, 1.165) is 29.3 Å². The molecule has 0 unspecified atom stereocenters. The molecule has 11 heteroatoms. The summed E-state index contributed by atoms with van der Waals surface area (Å²) >= 11 is 0. The highest BCUT2D eigenvalue weighted by atomic mass is 32.2. The summed E-state index contributed by atoms with van der Waals surface area (Å²) in [6.45, 7) is 2.24. The lowest BCUT2D eigenvalue weighted by atomic mass is 10.1. The van der Waals surface area contributed by atoms with Crippen molar-refractivity contribution in [3.63, 3.8) is 0 Å². The van der Waals surface area contributed by atoms with Gasteiger partial charge in [-0.2, -0.15) is 16.8 Å². The summed E-state index contributed by atoms with van der Waals surface area (Å²) in [6, 6.07) is 5.51. The largest absolute Gasteiger partial charge is 0.399 e. The smallest absolute Gasteiger partial charge is 0.264 e. The van der Waals surface area contributed by atoms with E-state index in [1.54, 1.807) is 11.1 Å². The van der Waals surface area contributed by atoms with Crippen LogP contribution in [0.1, 0.15) is 11.1 Å². The third kappa shape index (κ3) is 9.13. The molecule has 1 rings (SSSR count). The third-order valence-electron chi connectivity index (χ3n) is 3.23. The van der Waals surface area contributed by atoms with E-state index >= 15 is 0 Å². The average molecular weight is 408 g/mol. The molecule has 0 spiro atoms. The predicted octanol–water partition coefficient (Wildman–Crippen LogP) is 0.734. The first-order valence-electron chi connectivity index (χ1n) is 7.63. The molecule has 0 saturated carbocycles. The number of benzene rings is 1. The normalized spacial score (nSPS) is 12.5. The number of hydrogen-bond acceptors (Lipinski definition) is 9. The molecule has 26 heavy (non-hydrogen) atoms. The second-order valence-electron chi connectivity index (χ2n) is 5.50. The molecule has 0 bridgehead atoms. The fourth-order valence-corrected chi connectivity index (χ4v) is 2.83. The number of rotatable bonds is 11. The molecule has 0 atom stereocenters. The van der Waals surface area contributed by atoms with Gasteiger partial charge in [-0.25, -0.2) is 0 Å². The van der Waals surface area contributed by atoms with E-state index < -0.39 is 20.2 Å². The summed E-state index contributed by atoms with van der Waals surface area (Å²) in [4.78, 5) is 6.44. The molecule has 1 aromatic carbocycles. The summed E-state index contributed by atoms with van der Waals surface area (Å²) in [6.07, 6.45) is 3.51. The van der Waals surface area contributed by atoms with Crippen molar-refractivity contribution in [1.29, 1.82) is 0 Å². The molecule has 0 aliphatic carbocycles. The van der Waals surface area contributed by atoms with Crippen LogP contribution in [0.15, 0.2) is 23.4 Å². The maximum atomic E-state index is 11.1. The minimum atomic E-state index is -3.56. The van der Waals surface area contributed by atoms with Gasteiger partial charge in [0.15, 0.2) is 0 Å². The van der Waals surface area contributed by atoms with Gasteiger partial charge < -0.3 is 9.74 Å². The Morgan fingerprint density at radius 2 is 1.58 bits per heavy atom. The monoisotopic (exact) mass is 408 g/mol. The van der Waals surface area contributed by atoms with Crippen LogP contribution in [0, 0.1) is 6.92 Å². The first-order valence-corrected chi connectivity index (χ1v) is 11.3. The second kappa shape index (κ2) is 9.86. The molecule has 9 nitrogen and oxygen atoms in total. The molecule has 0 aliphatic heterocycles. The quantitative estimate of drug-likeness (QED) is 0.299. The number of anilines is 1. The maximum Gasteiger partial charge on any atom is 0.264 e. The van der Waals surface area contributed by atoms with Gasteiger partial charge in [0.1, 0.15) is 7.11 Å². The molecule has 0 aromatic heterocycles. The van der Waals surface area contributed by atoms with Gasteiger partial charge in [0, 0.05) is 18.8 Å². The van der Waals surface area contributed by atoms with Gasteiger partial charge in [-0.1, -0.05) is 11.2 Å². The van der Waals surface area contributed by atoms with E-state index in [-0.39, 0.29) is 26.3 Å². The van der Waals surface area contributed by atoms with Crippen molar-refractivity contribution in [2.75, 3.05) is 50.8 Å². The Morgan fingerprint density at radius 1 is 1.04 bits per heavy atom. The maximum absolute atomic E-state index is 11.1. The Labute approximate surface area is 154 Å². The van der Waals surface area contributed by atoms with Crippen molar-refractivity contribution in [2.45, 2.75) is 6.92 Å². The Hall–Kier alpha value is -1.69. The number of oxime groups is 1. The van der Waals surface area contributed by atoms with Gasteiger partial charge in [0.05, 0.1) is 31.9 Å². The third-order valence-corrected chi connectivity index (χ3v) is 4.42. The zero-order chi connectivity index (χ0) is 19.8. The SMILES string of the molecule is CO/N=C\c1ccc(N(CCOS(C)(=O)=O)CCOS(C)(=O)=O)cc1C. The lowest BCUT2D eigenvalue weighted by molar-refractivity contribution is 0.215. The van der Waals surface area contributed by atoms with Crippen molar-refractivity contribution >= 4 is 32.1 Å². The number of hydrogen-bond donors (Lipinski definition) is 0. The Kier molecular flexibility index (Phi) is 8.47. The molecule has 0 heterocycles. The molecule has 0 saturated heterocycles. The number of aryl methyl sites for hydroxylation is 1. The molecular weight excluding hydrogens is 384 g/mol. The Morgan fingerprint density at radius 3 is 2.00 bits per heavy atom. The van der Waals surface area contributed by atoms with Crippen molar-refractivity contribution < 1.29 is 30.0 Å². The lowest BCUT2D eigenvalue weighted by Gasteiger charge is -2.25. The molecular formula is C15H24N2O7S2. The Bertz CT molecular complexity index is 782. The summed E-state index contributed by atoms with van der Waals surface area (Å²) < 4.78 is 54.0. The summed E-state index contributed by atoms with van der Waals surface area (Å²) in [5.74, 6) is 0. The van der Waals surface area contributed by atoms with E-state index in [9.17, 15) is 16.8 Å². The van der Waals surface area contributed by atoms with E-state index in [0.29, 0.717) is 0 Å². The van der Waals surface area contributed by atoms with Crippen molar-refractivity contribution in [3.8, 4) is 0 Å². The minimum absolute atomic E-state index is 0.0658. The predicted molar refractivity (Wildman–Crippen MR) is 99.6 cm³/mol. The average Bonchev–Trinajstić information content (AvgIpc) is 2.50. The molecule has 0 N–H and O–H groups in total. The van der Waals surface area contributed by atoms with Crippen molar-refractivity contribution in [3.05, 3.63) is 29.3 Å². The highest BCUT2D eigenvalue weighted by Crippen LogP contribution is 2.18. The van der Waals surface area contributed by atoms with Crippen LogP contribution in [0.25, 0.3) is 0 Å². The van der Waals surface area contributed by atoms with Crippen LogP contribution in [0.4, 0.5) is 5.69 Å². The van der Waals surface area contributed by atoms with Crippen LogP contribution in [0.3, 0.4) is 0 Å². The van der Waals surface area contributed by atoms with Gasteiger partial charge in [-0.15, -0.1) is 0 Å². The van der Waals surface area contributed by atoms with Gasteiger partial charge in [0.2, 0.25) is 0 Å². The molecule has 0 aliphatic rings. The molecule has 1 aromatic rings. The Balaban J connectivity index is 2.91.